The maximum absolute atomic E-state index is 9.13. The van der Waals surface area contributed by atoms with Crippen molar-refractivity contribution in [1.29, 1.82) is 5.26 Å². The molecule has 0 spiro atoms. The molecule has 2 aromatic carbocycles. The van der Waals surface area contributed by atoms with Gasteiger partial charge in [-0.1, -0.05) is 72.8 Å². The molecule has 0 saturated carbocycles. The Morgan fingerprint density at radius 3 is 2.21 bits per heavy atom. The van der Waals surface area contributed by atoms with E-state index in [1.807, 2.05) is 72.8 Å². The number of hydrogen-bond donors (Lipinski definition) is 0. The van der Waals surface area contributed by atoms with Gasteiger partial charge < -0.3 is 4.90 Å². The van der Waals surface area contributed by atoms with Gasteiger partial charge in [-0.15, -0.1) is 0 Å². The second kappa shape index (κ2) is 7.03. The highest BCUT2D eigenvalue weighted by molar-refractivity contribution is 5.48. The molecule has 0 atom stereocenters. The SMILES string of the molecule is N#CN(C/C=C/c1ccccc1)Cc1ccccc1. The van der Waals surface area contributed by atoms with Gasteiger partial charge in [-0.05, 0) is 11.1 Å². The molecule has 0 heterocycles. The first-order valence-electron chi connectivity index (χ1n) is 6.28. The van der Waals surface area contributed by atoms with Gasteiger partial charge in [0.25, 0.3) is 0 Å². The van der Waals surface area contributed by atoms with Crippen LogP contribution < -0.4 is 0 Å². The van der Waals surface area contributed by atoms with Crippen molar-refractivity contribution >= 4 is 6.08 Å². The van der Waals surface area contributed by atoms with Gasteiger partial charge in [0.2, 0.25) is 0 Å². The molecule has 0 aromatic heterocycles. The van der Waals surface area contributed by atoms with Crippen LogP contribution in [-0.2, 0) is 6.54 Å². The van der Waals surface area contributed by atoms with E-state index >= 15 is 0 Å². The Balaban J connectivity index is 1.90. The summed E-state index contributed by atoms with van der Waals surface area (Å²) in [5.74, 6) is 0. The van der Waals surface area contributed by atoms with Gasteiger partial charge in [0.05, 0.1) is 6.54 Å². The lowest BCUT2D eigenvalue weighted by Crippen LogP contribution is -2.16. The van der Waals surface area contributed by atoms with E-state index < -0.39 is 0 Å². The van der Waals surface area contributed by atoms with Crippen molar-refractivity contribution in [1.82, 2.24) is 4.90 Å². The van der Waals surface area contributed by atoms with Crippen molar-refractivity contribution in [2.45, 2.75) is 6.54 Å². The average Bonchev–Trinajstić information content (AvgIpc) is 2.48. The van der Waals surface area contributed by atoms with E-state index in [4.69, 9.17) is 5.26 Å². The van der Waals surface area contributed by atoms with Crippen LogP contribution in [0.5, 0.6) is 0 Å². The van der Waals surface area contributed by atoms with Crippen molar-refractivity contribution in [3.8, 4) is 6.19 Å². The molecule has 2 rings (SSSR count). The lowest BCUT2D eigenvalue weighted by molar-refractivity contribution is 0.427. The number of hydrogen-bond acceptors (Lipinski definition) is 2. The van der Waals surface area contributed by atoms with Crippen LogP contribution in [0.15, 0.2) is 66.7 Å². The Hall–Kier alpha value is -2.53. The van der Waals surface area contributed by atoms with E-state index in [0.717, 1.165) is 11.1 Å². The summed E-state index contributed by atoms with van der Waals surface area (Å²) in [5, 5.41) is 9.13. The Bertz CT molecular complexity index is 553. The molecule has 2 aromatic rings. The van der Waals surface area contributed by atoms with Crippen LogP contribution in [0.2, 0.25) is 0 Å². The van der Waals surface area contributed by atoms with E-state index in [0.29, 0.717) is 13.1 Å². The maximum atomic E-state index is 9.13. The molecule has 0 N–H and O–H groups in total. The van der Waals surface area contributed by atoms with Gasteiger partial charge in [0, 0.05) is 6.54 Å². The minimum absolute atomic E-state index is 0.625. The van der Waals surface area contributed by atoms with Crippen LogP contribution in [0.1, 0.15) is 11.1 Å². The Morgan fingerprint density at radius 2 is 1.58 bits per heavy atom. The minimum atomic E-state index is 0.625. The fourth-order valence-electron chi connectivity index (χ4n) is 1.82. The van der Waals surface area contributed by atoms with Crippen LogP contribution in [0.4, 0.5) is 0 Å². The second-order valence-electron chi connectivity index (χ2n) is 4.28. The highest BCUT2D eigenvalue weighted by atomic mass is 15.1. The smallest absolute Gasteiger partial charge is 0.179 e. The van der Waals surface area contributed by atoms with Crippen molar-refractivity contribution < 1.29 is 0 Å². The third-order valence-corrected chi connectivity index (χ3v) is 2.79. The summed E-state index contributed by atoms with van der Waals surface area (Å²) in [7, 11) is 0. The first-order chi connectivity index (χ1) is 9.38. The monoisotopic (exact) mass is 248 g/mol. The molecular weight excluding hydrogens is 232 g/mol. The molecule has 0 amide bonds. The Morgan fingerprint density at radius 1 is 0.947 bits per heavy atom. The van der Waals surface area contributed by atoms with Gasteiger partial charge >= 0.3 is 0 Å². The standard InChI is InChI=1S/C17H16N2/c18-15-19(14-17-10-5-2-6-11-17)13-7-12-16-8-3-1-4-9-16/h1-12H,13-14H2/b12-7+. The lowest BCUT2D eigenvalue weighted by Gasteiger charge is -2.12. The first kappa shape index (κ1) is 12.9. The van der Waals surface area contributed by atoms with Crippen LogP contribution in [0.3, 0.4) is 0 Å². The molecule has 2 heteroatoms. The van der Waals surface area contributed by atoms with Crippen LogP contribution in [0, 0.1) is 11.5 Å². The minimum Gasteiger partial charge on any atom is -0.302 e. The zero-order valence-electron chi connectivity index (χ0n) is 10.7. The van der Waals surface area contributed by atoms with E-state index in [1.165, 1.54) is 0 Å². The predicted octanol–water partition coefficient (Wildman–Crippen LogP) is 3.68. The van der Waals surface area contributed by atoms with Gasteiger partial charge in [-0.2, -0.15) is 5.26 Å². The van der Waals surface area contributed by atoms with Crippen LogP contribution >= 0.6 is 0 Å². The Labute approximate surface area is 114 Å². The zero-order chi connectivity index (χ0) is 13.3. The molecule has 0 aliphatic rings. The lowest BCUT2D eigenvalue weighted by atomic mass is 10.2. The van der Waals surface area contributed by atoms with E-state index in [1.54, 1.807) is 4.90 Å². The largest absolute Gasteiger partial charge is 0.302 e. The molecule has 0 fully saturated rings. The highest BCUT2D eigenvalue weighted by Crippen LogP contribution is 2.05. The summed E-state index contributed by atoms with van der Waals surface area (Å²) < 4.78 is 0. The number of benzene rings is 2. The fraction of sp³-hybridized carbons (Fsp3) is 0.118. The summed E-state index contributed by atoms with van der Waals surface area (Å²) in [5.41, 5.74) is 2.30. The molecular formula is C17H16N2. The summed E-state index contributed by atoms with van der Waals surface area (Å²) in [6, 6.07) is 20.1. The average molecular weight is 248 g/mol. The third kappa shape index (κ3) is 4.33. The normalized spacial score (nSPS) is 10.3. The quantitative estimate of drug-likeness (QED) is 0.596. The molecule has 0 bridgehead atoms. The first-order valence-corrected chi connectivity index (χ1v) is 6.28. The van der Waals surface area contributed by atoms with Crippen molar-refractivity contribution in [2.24, 2.45) is 0 Å². The van der Waals surface area contributed by atoms with E-state index in [9.17, 15) is 0 Å². The molecule has 0 saturated heterocycles. The molecule has 0 aliphatic heterocycles. The van der Waals surface area contributed by atoms with Gasteiger partial charge in [-0.25, -0.2) is 0 Å². The van der Waals surface area contributed by atoms with E-state index in [-0.39, 0.29) is 0 Å². The number of nitrogens with zero attached hydrogens (tertiary/aromatic N) is 2. The molecule has 19 heavy (non-hydrogen) atoms. The van der Waals surface area contributed by atoms with Gasteiger partial charge in [0.15, 0.2) is 6.19 Å². The summed E-state index contributed by atoms with van der Waals surface area (Å²) >= 11 is 0. The second-order valence-corrected chi connectivity index (χ2v) is 4.28. The molecule has 0 aliphatic carbocycles. The molecule has 0 radical (unpaired) electrons. The number of nitriles is 1. The van der Waals surface area contributed by atoms with Gasteiger partial charge in [-0.3, -0.25) is 0 Å². The topological polar surface area (TPSA) is 27.0 Å². The Kier molecular flexibility index (Phi) is 4.78. The maximum Gasteiger partial charge on any atom is 0.179 e. The third-order valence-electron chi connectivity index (χ3n) is 2.79. The van der Waals surface area contributed by atoms with Crippen molar-refractivity contribution in [3.05, 3.63) is 77.9 Å². The zero-order valence-corrected chi connectivity index (χ0v) is 10.7. The van der Waals surface area contributed by atoms with E-state index in [2.05, 4.69) is 6.19 Å². The summed E-state index contributed by atoms with van der Waals surface area (Å²) in [6.45, 7) is 1.27. The summed E-state index contributed by atoms with van der Waals surface area (Å²) in [6.07, 6.45) is 6.27. The van der Waals surface area contributed by atoms with Gasteiger partial charge in [0.1, 0.15) is 0 Å². The highest BCUT2D eigenvalue weighted by Gasteiger charge is 2.00. The van der Waals surface area contributed by atoms with Crippen LogP contribution in [0.25, 0.3) is 6.08 Å². The molecule has 94 valence electrons. The van der Waals surface area contributed by atoms with Crippen LogP contribution in [-0.4, -0.2) is 11.4 Å². The fourth-order valence-corrected chi connectivity index (χ4v) is 1.82. The molecule has 0 unspecified atom stereocenters. The van der Waals surface area contributed by atoms with Crippen molar-refractivity contribution in [3.63, 3.8) is 0 Å². The predicted molar refractivity (Wildman–Crippen MR) is 77.9 cm³/mol. The number of rotatable bonds is 5. The molecule has 2 nitrogen and oxygen atoms in total. The van der Waals surface area contributed by atoms with Crippen molar-refractivity contribution in [2.75, 3.05) is 6.54 Å². The summed E-state index contributed by atoms with van der Waals surface area (Å²) in [4.78, 5) is 1.73.